The number of pyridine rings is 1. The van der Waals surface area contributed by atoms with Gasteiger partial charge in [-0.05, 0) is 23.8 Å². The van der Waals surface area contributed by atoms with E-state index in [0.717, 1.165) is 17.1 Å². The molecule has 0 saturated heterocycles. The number of benzene rings is 1. The van der Waals surface area contributed by atoms with Gasteiger partial charge in [0.05, 0.1) is 11.9 Å². The van der Waals surface area contributed by atoms with E-state index in [9.17, 15) is 0 Å². The monoisotopic (exact) mass is 244 g/mol. The van der Waals surface area contributed by atoms with Crippen LogP contribution in [0.15, 0.2) is 36.5 Å². The summed E-state index contributed by atoms with van der Waals surface area (Å²) in [5, 5.41) is 0. The normalized spacial score (nSPS) is 12.4. The van der Waals surface area contributed by atoms with Crippen molar-refractivity contribution < 1.29 is 14.2 Å². The molecule has 1 aliphatic rings. The molecule has 5 nitrogen and oxygen atoms in total. The predicted molar refractivity (Wildman–Crippen MR) is 65.5 cm³/mol. The molecule has 18 heavy (non-hydrogen) atoms. The van der Waals surface area contributed by atoms with Crippen molar-refractivity contribution in [2.45, 2.75) is 6.61 Å². The summed E-state index contributed by atoms with van der Waals surface area (Å²) in [6, 6.07) is 9.20. The van der Waals surface area contributed by atoms with E-state index in [-0.39, 0.29) is 6.79 Å². The second kappa shape index (κ2) is 4.44. The van der Waals surface area contributed by atoms with Gasteiger partial charge < -0.3 is 19.9 Å². The highest BCUT2D eigenvalue weighted by atomic mass is 16.7. The van der Waals surface area contributed by atoms with Crippen LogP contribution in [0.2, 0.25) is 0 Å². The third-order valence-electron chi connectivity index (χ3n) is 2.58. The highest BCUT2D eigenvalue weighted by molar-refractivity contribution is 5.44. The zero-order chi connectivity index (χ0) is 12.4. The third-order valence-corrected chi connectivity index (χ3v) is 2.58. The molecule has 0 saturated carbocycles. The lowest BCUT2D eigenvalue weighted by Crippen LogP contribution is -1.97. The van der Waals surface area contributed by atoms with Crippen LogP contribution in [0.4, 0.5) is 5.69 Å². The Balaban J connectivity index is 1.68. The van der Waals surface area contributed by atoms with Crippen molar-refractivity contribution in [1.29, 1.82) is 0 Å². The molecule has 0 spiro atoms. The Kier molecular flexibility index (Phi) is 2.64. The number of fused-ring (bicyclic) bond motifs is 1. The minimum atomic E-state index is 0.277. The van der Waals surface area contributed by atoms with Gasteiger partial charge in [-0.3, -0.25) is 0 Å². The van der Waals surface area contributed by atoms with Crippen molar-refractivity contribution in [2.24, 2.45) is 0 Å². The van der Waals surface area contributed by atoms with Gasteiger partial charge in [0.15, 0.2) is 11.5 Å². The molecule has 1 aliphatic heterocycles. The zero-order valence-electron chi connectivity index (χ0n) is 9.63. The molecule has 0 atom stereocenters. The summed E-state index contributed by atoms with van der Waals surface area (Å²) >= 11 is 0. The summed E-state index contributed by atoms with van der Waals surface area (Å²) in [6.45, 7) is 0.701. The summed E-state index contributed by atoms with van der Waals surface area (Å²) in [5.74, 6) is 2.06. The Morgan fingerprint density at radius 1 is 1.17 bits per heavy atom. The zero-order valence-corrected chi connectivity index (χ0v) is 9.63. The first-order valence-electron chi connectivity index (χ1n) is 5.54. The van der Waals surface area contributed by atoms with E-state index < -0.39 is 0 Å². The number of hydrogen-bond acceptors (Lipinski definition) is 5. The molecule has 92 valence electrons. The van der Waals surface area contributed by atoms with Gasteiger partial charge in [-0.2, -0.15) is 0 Å². The smallest absolute Gasteiger partial charge is 0.231 e. The van der Waals surface area contributed by atoms with Crippen molar-refractivity contribution in [1.82, 2.24) is 4.98 Å². The first-order valence-corrected chi connectivity index (χ1v) is 5.54. The van der Waals surface area contributed by atoms with E-state index in [1.807, 2.05) is 18.2 Å². The first-order chi connectivity index (χ1) is 8.81. The fraction of sp³-hybridized carbons (Fsp3) is 0.154. The second-order valence-electron chi connectivity index (χ2n) is 3.91. The van der Waals surface area contributed by atoms with Crippen LogP contribution in [-0.4, -0.2) is 11.8 Å². The van der Waals surface area contributed by atoms with Gasteiger partial charge >= 0.3 is 0 Å². The van der Waals surface area contributed by atoms with E-state index in [2.05, 4.69) is 4.98 Å². The highest BCUT2D eigenvalue weighted by Gasteiger charge is 2.13. The van der Waals surface area contributed by atoms with Gasteiger partial charge in [-0.25, -0.2) is 4.98 Å². The molecule has 0 aliphatic carbocycles. The van der Waals surface area contributed by atoms with Gasteiger partial charge in [0.2, 0.25) is 12.7 Å². The van der Waals surface area contributed by atoms with Gasteiger partial charge in [-0.15, -0.1) is 0 Å². The number of nitrogen functional groups attached to an aromatic ring is 1. The molecular weight excluding hydrogens is 232 g/mol. The number of rotatable bonds is 3. The Morgan fingerprint density at radius 2 is 2.06 bits per heavy atom. The lowest BCUT2D eigenvalue weighted by Gasteiger charge is -2.06. The Bertz CT molecular complexity index is 555. The molecule has 3 rings (SSSR count). The molecule has 0 unspecified atom stereocenters. The Hall–Kier alpha value is -2.43. The molecular formula is C13H12N2O3. The van der Waals surface area contributed by atoms with Crippen LogP contribution in [-0.2, 0) is 6.61 Å². The molecule has 0 bridgehead atoms. The van der Waals surface area contributed by atoms with Crippen LogP contribution < -0.4 is 19.9 Å². The molecule has 2 heterocycles. The van der Waals surface area contributed by atoms with E-state index in [4.69, 9.17) is 19.9 Å². The molecule has 1 aromatic heterocycles. The fourth-order valence-corrected chi connectivity index (χ4v) is 1.67. The number of nitrogens with zero attached hydrogens (tertiary/aromatic N) is 1. The topological polar surface area (TPSA) is 66.6 Å². The van der Waals surface area contributed by atoms with Gasteiger partial charge in [-0.1, -0.05) is 6.07 Å². The number of anilines is 1. The molecule has 0 radical (unpaired) electrons. The fourth-order valence-electron chi connectivity index (χ4n) is 1.67. The van der Waals surface area contributed by atoms with Gasteiger partial charge in [0, 0.05) is 6.07 Å². The molecule has 0 fully saturated rings. The van der Waals surface area contributed by atoms with E-state index in [1.165, 1.54) is 0 Å². The van der Waals surface area contributed by atoms with Crippen LogP contribution in [0.3, 0.4) is 0 Å². The maximum Gasteiger partial charge on any atom is 0.231 e. The quantitative estimate of drug-likeness (QED) is 0.894. The van der Waals surface area contributed by atoms with Crippen LogP contribution in [0.1, 0.15) is 5.56 Å². The summed E-state index contributed by atoms with van der Waals surface area (Å²) < 4.78 is 16.1. The van der Waals surface area contributed by atoms with Crippen LogP contribution >= 0.6 is 0 Å². The van der Waals surface area contributed by atoms with Gasteiger partial charge in [0.25, 0.3) is 0 Å². The largest absolute Gasteiger partial charge is 0.473 e. The Labute approximate surface area is 104 Å². The average Bonchev–Trinajstić information content (AvgIpc) is 2.85. The van der Waals surface area contributed by atoms with Crippen molar-refractivity contribution >= 4 is 5.69 Å². The van der Waals surface area contributed by atoms with Crippen molar-refractivity contribution in [3.63, 3.8) is 0 Å². The predicted octanol–water partition coefficient (Wildman–Crippen LogP) is 1.97. The number of ether oxygens (including phenoxy) is 3. The minimum Gasteiger partial charge on any atom is -0.473 e. The number of nitrogens with two attached hydrogens (primary N) is 1. The lowest BCUT2D eigenvalue weighted by molar-refractivity contribution is 0.174. The Morgan fingerprint density at radius 3 is 2.89 bits per heavy atom. The average molecular weight is 244 g/mol. The molecule has 1 aromatic carbocycles. The van der Waals surface area contributed by atoms with Crippen molar-refractivity contribution in [3.05, 3.63) is 42.1 Å². The lowest BCUT2D eigenvalue weighted by atomic mass is 10.2. The van der Waals surface area contributed by atoms with Crippen LogP contribution in [0.5, 0.6) is 17.4 Å². The minimum absolute atomic E-state index is 0.277. The van der Waals surface area contributed by atoms with Gasteiger partial charge in [0.1, 0.15) is 6.61 Å². The third kappa shape index (κ3) is 2.15. The number of aromatic nitrogens is 1. The maximum absolute atomic E-state index is 5.55. The van der Waals surface area contributed by atoms with Crippen molar-refractivity contribution in [2.75, 3.05) is 12.5 Å². The summed E-state index contributed by atoms with van der Waals surface area (Å²) in [4.78, 5) is 4.06. The summed E-state index contributed by atoms with van der Waals surface area (Å²) in [5.41, 5.74) is 7.16. The van der Waals surface area contributed by atoms with Crippen LogP contribution in [0.25, 0.3) is 0 Å². The second-order valence-corrected chi connectivity index (χ2v) is 3.91. The van der Waals surface area contributed by atoms with E-state index >= 15 is 0 Å². The summed E-state index contributed by atoms with van der Waals surface area (Å²) in [6.07, 6.45) is 1.56. The molecule has 2 aromatic rings. The van der Waals surface area contributed by atoms with E-state index in [0.29, 0.717) is 18.2 Å². The SMILES string of the molecule is Nc1ccc(OCc2ccc3c(c2)OCO3)nc1. The molecule has 5 heteroatoms. The van der Waals surface area contributed by atoms with Crippen molar-refractivity contribution in [3.8, 4) is 17.4 Å². The molecule has 2 N–H and O–H groups in total. The maximum atomic E-state index is 5.55. The summed E-state index contributed by atoms with van der Waals surface area (Å²) in [7, 11) is 0. The first kappa shape index (κ1) is 10.7. The standard InChI is InChI=1S/C13H12N2O3/c14-10-2-4-13(15-6-10)16-7-9-1-3-11-12(5-9)18-8-17-11/h1-6H,7-8,14H2. The number of hydrogen-bond donors (Lipinski definition) is 1. The van der Waals surface area contributed by atoms with Crippen LogP contribution in [0, 0.1) is 0 Å². The van der Waals surface area contributed by atoms with E-state index in [1.54, 1.807) is 18.3 Å². The highest BCUT2D eigenvalue weighted by Crippen LogP contribution is 2.32. The molecule has 0 amide bonds.